The van der Waals surface area contributed by atoms with Crippen molar-refractivity contribution in [2.24, 2.45) is 0 Å². The second-order valence-corrected chi connectivity index (χ2v) is 5.86. The van der Waals surface area contributed by atoms with Gasteiger partial charge in [0.15, 0.2) is 0 Å². The molecule has 26 heavy (non-hydrogen) atoms. The number of likely N-dealkylation sites (N-methyl/N-ethyl adjacent to an activating group) is 1. The molecule has 0 spiro atoms. The number of carbonyl (C=O) groups excluding carboxylic acids is 2. The molecular weight excluding hydrogens is 330 g/mol. The summed E-state index contributed by atoms with van der Waals surface area (Å²) in [4.78, 5) is 27.1. The molecular formula is C21H21NO4. The number of ether oxygens (including phenoxy) is 1. The molecule has 0 N–H and O–H groups in total. The fourth-order valence-electron chi connectivity index (χ4n) is 2.84. The zero-order valence-electron chi connectivity index (χ0n) is 14.8. The summed E-state index contributed by atoms with van der Waals surface area (Å²) in [7, 11) is 0. The molecule has 0 saturated heterocycles. The molecule has 0 saturated carbocycles. The second-order valence-electron chi connectivity index (χ2n) is 5.86. The Bertz CT molecular complexity index is 864. The van der Waals surface area contributed by atoms with Gasteiger partial charge in [-0.2, -0.15) is 0 Å². The normalized spacial score (nSPS) is 11.9. The van der Waals surface area contributed by atoms with E-state index in [1.54, 1.807) is 29.2 Å². The molecule has 1 heterocycles. The molecule has 0 aliphatic carbocycles. The number of furan rings is 1. The van der Waals surface area contributed by atoms with Crippen LogP contribution in [0, 0.1) is 0 Å². The van der Waals surface area contributed by atoms with Crippen LogP contribution < -0.4 is 0 Å². The Balaban J connectivity index is 1.89. The first kappa shape index (κ1) is 17.7. The summed E-state index contributed by atoms with van der Waals surface area (Å²) in [5, 5.41) is 0.811. The number of esters is 1. The van der Waals surface area contributed by atoms with E-state index in [1.165, 1.54) is 0 Å². The van der Waals surface area contributed by atoms with Gasteiger partial charge in [-0.25, -0.2) is 4.79 Å². The number of hydrogen-bond acceptors (Lipinski definition) is 4. The highest BCUT2D eigenvalue weighted by atomic mass is 16.6. The van der Waals surface area contributed by atoms with Gasteiger partial charge in [-0.1, -0.05) is 48.5 Å². The van der Waals surface area contributed by atoms with E-state index in [4.69, 9.17) is 9.15 Å². The minimum Gasteiger partial charge on any atom is -0.449 e. The molecule has 0 aliphatic heterocycles. The van der Waals surface area contributed by atoms with E-state index in [2.05, 4.69) is 0 Å². The smallest absolute Gasteiger partial charge is 0.375 e. The van der Waals surface area contributed by atoms with Gasteiger partial charge in [-0.15, -0.1) is 0 Å². The number of fused-ring (bicyclic) bond motifs is 1. The predicted octanol–water partition coefficient (Wildman–Crippen LogP) is 4.20. The minimum atomic E-state index is -1.00. The van der Waals surface area contributed by atoms with E-state index in [0.29, 0.717) is 24.2 Å². The summed E-state index contributed by atoms with van der Waals surface area (Å²) < 4.78 is 11.1. The number of rotatable bonds is 6. The van der Waals surface area contributed by atoms with Gasteiger partial charge in [0, 0.05) is 24.0 Å². The van der Waals surface area contributed by atoms with Crippen LogP contribution in [0.25, 0.3) is 11.0 Å². The van der Waals surface area contributed by atoms with Crippen LogP contribution in [0.15, 0.2) is 65.1 Å². The fraction of sp³-hybridized carbons (Fsp3) is 0.238. The Morgan fingerprint density at radius 3 is 2.31 bits per heavy atom. The third-order valence-corrected chi connectivity index (χ3v) is 4.25. The number of para-hydroxylation sites is 1. The highest BCUT2D eigenvalue weighted by molar-refractivity contribution is 5.94. The Kier molecular flexibility index (Phi) is 5.37. The van der Waals surface area contributed by atoms with Crippen molar-refractivity contribution in [2.45, 2.75) is 20.0 Å². The van der Waals surface area contributed by atoms with Gasteiger partial charge in [0.1, 0.15) is 5.58 Å². The molecule has 134 valence electrons. The van der Waals surface area contributed by atoms with E-state index in [0.717, 1.165) is 5.39 Å². The highest BCUT2D eigenvalue weighted by Crippen LogP contribution is 2.25. The van der Waals surface area contributed by atoms with Crippen LogP contribution >= 0.6 is 0 Å². The van der Waals surface area contributed by atoms with Gasteiger partial charge >= 0.3 is 5.97 Å². The van der Waals surface area contributed by atoms with Gasteiger partial charge in [0.05, 0.1) is 0 Å². The monoisotopic (exact) mass is 351 g/mol. The summed E-state index contributed by atoms with van der Waals surface area (Å²) in [6, 6.07) is 18.0. The van der Waals surface area contributed by atoms with E-state index in [9.17, 15) is 9.59 Å². The Morgan fingerprint density at radius 2 is 1.65 bits per heavy atom. The van der Waals surface area contributed by atoms with Gasteiger partial charge in [-0.3, -0.25) is 4.79 Å². The first-order chi connectivity index (χ1) is 12.6. The lowest BCUT2D eigenvalue weighted by Crippen LogP contribution is -2.36. The van der Waals surface area contributed by atoms with Gasteiger partial charge in [0.2, 0.25) is 11.9 Å². The number of hydrogen-bond donors (Lipinski definition) is 0. The third-order valence-electron chi connectivity index (χ3n) is 4.25. The van der Waals surface area contributed by atoms with E-state index in [1.807, 2.05) is 50.2 Å². The fourth-order valence-corrected chi connectivity index (χ4v) is 2.84. The standard InChI is InChI=1S/C21H21NO4/c1-3-22(4-2)20(23)19(15-10-6-5-7-11-15)26-21(24)18-14-16-12-8-9-13-17(16)25-18/h5-14,19H,3-4H2,1-2H3/t19-/m0/s1. The summed E-state index contributed by atoms with van der Waals surface area (Å²) in [5.74, 6) is -0.819. The minimum absolute atomic E-state index is 0.0829. The second kappa shape index (κ2) is 7.87. The number of nitrogens with zero attached hydrogens (tertiary/aromatic N) is 1. The SMILES string of the molecule is CCN(CC)C(=O)[C@@H](OC(=O)c1cc2ccccc2o1)c1ccccc1. The van der Waals surface area contributed by atoms with Crippen molar-refractivity contribution >= 4 is 22.8 Å². The average Bonchev–Trinajstić information content (AvgIpc) is 3.12. The predicted molar refractivity (Wildman–Crippen MR) is 98.7 cm³/mol. The summed E-state index contributed by atoms with van der Waals surface area (Å²) in [6.45, 7) is 4.87. The first-order valence-corrected chi connectivity index (χ1v) is 8.67. The average molecular weight is 351 g/mol. The molecule has 3 rings (SSSR count). The molecule has 0 aliphatic rings. The van der Waals surface area contributed by atoms with Crippen LogP contribution in [0.2, 0.25) is 0 Å². The van der Waals surface area contributed by atoms with Crippen LogP contribution in [0.4, 0.5) is 0 Å². The van der Waals surface area contributed by atoms with Crippen LogP contribution in [-0.2, 0) is 9.53 Å². The maximum absolute atomic E-state index is 12.9. The first-order valence-electron chi connectivity index (χ1n) is 8.67. The Morgan fingerprint density at radius 1 is 1.00 bits per heavy atom. The quantitative estimate of drug-likeness (QED) is 0.625. The number of amides is 1. The highest BCUT2D eigenvalue weighted by Gasteiger charge is 2.29. The van der Waals surface area contributed by atoms with E-state index >= 15 is 0 Å². The molecule has 0 bridgehead atoms. The van der Waals surface area contributed by atoms with Crippen LogP contribution in [0.1, 0.15) is 36.1 Å². The van der Waals surface area contributed by atoms with Gasteiger partial charge < -0.3 is 14.1 Å². The molecule has 0 fully saturated rings. The summed E-state index contributed by atoms with van der Waals surface area (Å²) in [5.41, 5.74) is 1.24. The molecule has 5 heteroatoms. The van der Waals surface area contributed by atoms with Crippen molar-refractivity contribution in [3.05, 3.63) is 72.0 Å². The van der Waals surface area contributed by atoms with Crippen molar-refractivity contribution in [1.29, 1.82) is 0 Å². The van der Waals surface area contributed by atoms with Gasteiger partial charge in [0.25, 0.3) is 5.91 Å². The molecule has 1 aromatic heterocycles. The molecule has 1 amide bonds. The van der Waals surface area contributed by atoms with Gasteiger partial charge in [-0.05, 0) is 26.0 Å². The molecule has 0 unspecified atom stereocenters. The Hall–Kier alpha value is -3.08. The Labute approximate surface area is 152 Å². The lowest BCUT2D eigenvalue weighted by Gasteiger charge is -2.25. The number of benzene rings is 2. The molecule has 1 atom stereocenters. The topological polar surface area (TPSA) is 59.8 Å². The molecule has 5 nitrogen and oxygen atoms in total. The van der Waals surface area contributed by atoms with Crippen molar-refractivity contribution < 1.29 is 18.7 Å². The largest absolute Gasteiger partial charge is 0.449 e. The van der Waals surface area contributed by atoms with Crippen molar-refractivity contribution in [1.82, 2.24) is 4.90 Å². The maximum Gasteiger partial charge on any atom is 0.375 e. The lowest BCUT2D eigenvalue weighted by atomic mass is 10.1. The molecule has 2 aromatic carbocycles. The van der Waals surface area contributed by atoms with Crippen molar-refractivity contribution in [3.8, 4) is 0 Å². The molecule has 0 radical (unpaired) electrons. The molecule has 3 aromatic rings. The zero-order chi connectivity index (χ0) is 18.5. The van der Waals surface area contributed by atoms with Crippen LogP contribution in [0.5, 0.6) is 0 Å². The summed E-state index contributed by atoms with van der Waals surface area (Å²) >= 11 is 0. The summed E-state index contributed by atoms with van der Waals surface area (Å²) in [6.07, 6.45) is -1.00. The number of carbonyl (C=O) groups is 2. The maximum atomic E-state index is 12.9. The van der Waals surface area contributed by atoms with Crippen molar-refractivity contribution in [2.75, 3.05) is 13.1 Å². The third kappa shape index (κ3) is 3.61. The van der Waals surface area contributed by atoms with Crippen LogP contribution in [0.3, 0.4) is 0 Å². The van der Waals surface area contributed by atoms with Crippen molar-refractivity contribution in [3.63, 3.8) is 0 Å². The van der Waals surface area contributed by atoms with E-state index in [-0.39, 0.29) is 11.7 Å². The lowest BCUT2D eigenvalue weighted by molar-refractivity contribution is -0.140. The van der Waals surface area contributed by atoms with Crippen LogP contribution in [-0.4, -0.2) is 29.9 Å². The van der Waals surface area contributed by atoms with E-state index < -0.39 is 12.1 Å². The zero-order valence-corrected chi connectivity index (χ0v) is 14.8.